The lowest BCUT2D eigenvalue weighted by Gasteiger charge is -2.03. The lowest BCUT2D eigenvalue weighted by molar-refractivity contribution is -0.140. The van der Waals surface area contributed by atoms with Crippen molar-refractivity contribution in [3.05, 3.63) is 0 Å². The fourth-order valence-corrected chi connectivity index (χ4v) is 1.71. The van der Waals surface area contributed by atoms with Gasteiger partial charge in [-0.05, 0) is 13.3 Å². The SMILES string of the molecule is CCC[C@@H]1[C@@H](C(=O)OC)N1C(=O)OCC. The van der Waals surface area contributed by atoms with Crippen LogP contribution >= 0.6 is 0 Å². The van der Waals surface area contributed by atoms with Crippen LogP contribution in [0.4, 0.5) is 4.79 Å². The molecule has 1 aliphatic rings. The summed E-state index contributed by atoms with van der Waals surface area (Å²) >= 11 is 0. The van der Waals surface area contributed by atoms with Crippen LogP contribution in [-0.2, 0) is 14.3 Å². The van der Waals surface area contributed by atoms with Crippen LogP contribution in [0.15, 0.2) is 0 Å². The smallest absolute Gasteiger partial charge is 0.410 e. The summed E-state index contributed by atoms with van der Waals surface area (Å²) in [5, 5.41) is 0. The van der Waals surface area contributed by atoms with Gasteiger partial charge in [-0.25, -0.2) is 9.59 Å². The molecule has 0 aliphatic carbocycles. The van der Waals surface area contributed by atoms with E-state index < -0.39 is 12.1 Å². The molecule has 5 nitrogen and oxygen atoms in total. The zero-order chi connectivity index (χ0) is 11.4. The lowest BCUT2D eigenvalue weighted by atomic mass is 10.2. The molecule has 0 radical (unpaired) electrons. The molecule has 0 spiro atoms. The number of ether oxygens (including phenoxy) is 2. The minimum atomic E-state index is -0.436. The Hall–Kier alpha value is -1.26. The summed E-state index contributed by atoms with van der Waals surface area (Å²) in [6, 6.07) is -0.476. The summed E-state index contributed by atoms with van der Waals surface area (Å²) in [5.74, 6) is -0.360. The average molecular weight is 215 g/mol. The molecule has 1 amide bonds. The van der Waals surface area contributed by atoms with Crippen molar-refractivity contribution in [1.29, 1.82) is 0 Å². The van der Waals surface area contributed by atoms with Gasteiger partial charge < -0.3 is 9.47 Å². The molecule has 0 aromatic heterocycles. The Morgan fingerprint density at radius 1 is 1.33 bits per heavy atom. The van der Waals surface area contributed by atoms with Crippen LogP contribution in [0, 0.1) is 0 Å². The number of hydrogen-bond acceptors (Lipinski definition) is 4. The van der Waals surface area contributed by atoms with E-state index >= 15 is 0 Å². The molecule has 86 valence electrons. The quantitative estimate of drug-likeness (QED) is 0.521. The molecule has 1 heterocycles. The molecule has 0 bridgehead atoms. The van der Waals surface area contributed by atoms with Gasteiger partial charge in [-0.1, -0.05) is 13.3 Å². The highest BCUT2D eigenvalue weighted by molar-refractivity contribution is 5.88. The number of nitrogens with zero attached hydrogens (tertiary/aromatic N) is 1. The van der Waals surface area contributed by atoms with Gasteiger partial charge in [-0.2, -0.15) is 0 Å². The largest absolute Gasteiger partial charge is 0.467 e. The Balaban J connectivity index is 2.56. The van der Waals surface area contributed by atoms with E-state index in [0.717, 1.165) is 12.8 Å². The summed E-state index contributed by atoms with van der Waals surface area (Å²) in [6.07, 6.45) is 1.30. The number of hydrogen-bond donors (Lipinski definition) is 0. The first-order chi connectivity index (χ1) is 7.17. The van der Waals surface area contributed by atoms with Gasteiger partial charge >= 0.3 is 12.1 Å². The summed E-state index contributed by atoms with van der Waals surface area (Å²) in [5.41, 5.74) is 0. The van der Waals surface area contributed by atoms with E-state index in [0.29, 0.717) is 6.61 Å². The standard InChI is InChI=1S/C10H17NO4/c1-4-6-7-8(9(12)14-3)11(7)10(13)15-5-2/h7-8H,4-6H2,1-3H3/t7-,8+,11?/m1/s1. The first-order valence-corrected chi connectivity index (χ1v) is 5.20. The van der Waals surface area contributed by atoms with Gasteiger partial charge in [-0.3, -0.25) is 4.90 Å². The van der Waals surface area contributed by atoms with Gasteiger partial charge in [0.2, 0.25) is 0 Å². The van der Waals surface area contributed by atoms with Gasteiger partial charge in [0, 0.05) is 0 Å². The van der Waals surface area contributed by atoms with Gasteiger partial charge in [0.15, 0.2) is 6.04 Å². The van der Waals surface area contributed by atoms with Crippen LogP contribution in [0.5, 0.6) is 0 Å². The Morgan fingerprint density at radius 2 is 2.00 bits per heavy atom. The number of carbonyl (C=O) groups is 2. The van der Waals surface area contributed by atoms with E-state index in [1.54, 1.807) is 6.92 Å². The molecule has 0 aromatic rings. The van der Waals surface area contributed by atoms with Crippen LogP contribution in [0.2, 0.25) is 0 Å². The predicted molar refractivity (Wildman–Crippen MR) is 53.4 cm³/mol. The van der Waals surface area contributed by atoms with Crippen molar-refractivity contribution in [2.24, 2.45) is 0 Å². The van der Waals surface area contributed by atoms with Gasteiger partial charge in [0.25, 0.3) is 0 Å². The van der Waals surface area contributed by atoms with E-state index in [4.69, 9.17) is 4.74 Å². The summed E-state index contributed by atoms with van der Waals surface area (Å²) in [6.45, 7) is 4.07. The van der Waals surface area contributed by atoms with Crippen molar-refractivity contribution < 1.29 is 19.1 Å². The lowest BCUT2D eigenvalue weighted by Crippen LogP contribution is -2.20. The monoisotopic (exact) mass is 215 g/mol. The van der Waals surface area contributed by atoms with Gasteiger partial charge in [0.05, 0.1) is 19.8 Å². The first kappa shape index (κ1) is 11.8. The van der Waals surface area contributed by atoms with Crippen LogP contribution in [0.3, 0.4) is 0 Å². The molecular formula is C10H17NO4. The van der Waals surface area contributed by atoms with Crippen molar-refractivity contribution in [3.8, 4) is 0 Å². The molecule has 0 saturated carbocycles. The highest BCUT2D eigenvalue weighted by atomic mass is 16.6. The van der Waals surface area contributed by atoms with Crippen molar-refractivity contribution in [2.75, 3.05) is 13.7 Å². The van der Waals surface area contributed by atoms with Gasteiger partial charge in [0.1, 0.15) is 0 Å². The second-order valence-corrected chi connectivity index (χ2v) is 3.43. The van der Waals surface area contributed by atoms with E-state index in [1.807, 2.05) is 6.92 Å². The molecule has 0 unspecified atom stereocenters. The van der Waals surface area contributed by atoms with E-state index in [9.17, 15) is 9.59 Å². The Morgan fingerprint density at radius 3 is 2.47 bits per heavy atom. The number of amides is 1. The minimum Gasteiger partial charge on any atom is -0.467 e. The minimum absolute atomic E-state index is 0.0403. The van der Waals surface area contributed by atoms with Gasteiger partial charge in [-0.15, -0.1) is 0 Å². The fraction of sp³-hybridized carbons (Fsp3) is 0.800. The maximum atomic E-state index is 11.4. The Labute approximate surface area is 89.3 Å². The van der Waals surface area contributed by atoms with E-state index in [-0.39, 0.29) is 12.0 Å². The molecule has 1 fully saturated rings. The second-order valence-electron chi connectivity index (χ2n) is 3.43. The summed E-state index contributed by atoms with van der Waals surface area (Å²) < 4.78 is 9.47. The molecule has 15 heavy (non-hydrogen) atoms. The first-order valence-electron chi connectivity index (χ1n) is 5.20. The highest BCUT2D eigenvalue weighted by Gasteiger charge is 2.56. The molecule has 5 heteroatoms. The third-order valence-corrected chi connectivity index (χ3v) is 2.44. The molecule has 0 aromatic carbocycles. The third-order valence-electron chi connectivity index (χ3n) is 2.44. The molecule has 1 aliphatic heterocycles. The second kappa shape index (κ2) is 5.00. The maximum absolute atomic E-state index is 11.4. The number of esters is 1. The molecule has 0 N–H and O–H groups in total. The van der Waals surface area contributed by atoms with Crippen molar-refractivity contribution in [1.82, 2.24) is 4.90 Å². The fourth-order valence-electron chi connectivity index (χ4n) is 1.71. The Kier molecular flexibility index (Phi) is 3.94. The molecule has 2 atom stereocenters. The van der Waals surface area contributed by atoms with Crippen molar-refractivity contribution in [3.63, 3.8) is 0 Å². The van der Waals surface area contributed by atoms with E-state index in [1.165, 1.54) is 12.0 Å². The zero-order valence-electron chi connectivity index (χ0n) is 9.36. The maximum Gasteiger partial charge on any atom is 0.410 e. The van der Waals surface area contributed by atoms with E-state index in [2.05, 4.69) is 4.74 Å². The van der Waals surface area contributed by atoms with Crippen molar-refractivity contribution >= 4 is 12.1 Å². The zero-order valence-corrected chi connectivity index (χ0v) is 9.36. The highest BCUT2D eigenvalue weighted by Crippen LogP contribution is 2.33. The number of carbonyl (C=O) groups excluding carboxylic acids is 2. The summed E-state index contributed by atoms with van der Waals surface area (Å²) in [4.78, 5) is 24.2. The van der Waals surface area contributed by atoms with Crippen LogP contribution in [0.1, 0.15) is 26.7 Å². The molecule has 1 rings (SSSR count). The van der Waals surface area contributed by atoms with Crippen LogP contribution < -0.4 is 0 Å². The predicted octanol–water partition coefficient (Wildman–Crippen LogP) is 1.17. The summed E-state index contributed by atoms with van der Waals surface area (Å²) in [7, 11) is 1.33. The van der Waals surface area contributed by atoms with Crippen LogP contribution in [0.25, 0.3) is 0 Å². The third kappa shape index (κ3) is 2.40. The number of rotatable bonds is 4. The number of methoxy groups -OCH3 is 1. The van der Waals surface area contributed by atoms with Crippen molar-refractivity contribution in [2.45, 2.75) is 38.8 Å². The Bertz CT molecular complexity index is 254. The topological polar surface area (TPSA) is 55.6 Å². The molecular weight excluding hydrogens is 198 g/mol. The molecule has 1 saturated heterocycles. The van der Waals surface area contributed by atoms with Crippen LogP contribution in [-0.4, -0.2) is 42.8 Å². The average Bonchev–Trinajstić information content (AvgIpc) is 2.92. The normalized spacial score (nSPS) is 23.5.